The fraction of sp³-hybridized carbons (Fsp3) is 0.579. The maximum Gasteiger partial charge on any atom is 0.292 e. The summed E-state index contributed by atoms with van der Waals surface area (Å²) in [6, 6.07) is 1.56. The van der Waals surface area contributed by atoms with E-state index in [1.807, 2.05) is 0 Å². The lowest BCUT2D eigenvalue weighted by Gasteiger charge is -2.35. The molecule has 1 N–H and O–H groups in total. The molecule has 1 aromatic rings. The van der Waals surface area contributed by atoms with Gasteiger partial charge in [-0.15, -0.1) is 0 Å². The molecule has 8 heteroatoms. The molecule has 0 spiro atoms. The number of aromatic nitrogens is 1. The van der Waals surface area contributed by atoms with E-state index in [0.717, 1.165) is 12.8 Å². The summed E-state index contributed by atoms with van der Waals surface area (Å²) in [5.41, 5.74) is 0.668. The number of carbonyl (C=O) groups excluding carboxylic acids is 3. The van der Waals surface area contributed by atoms with Gasteiger partial charge in [0.1, 0.15) is 0 Å². The van der Waals surface area contributed by atoms with Crippen LogP contribution in [-0.2, 0) is 9.59 Å². The molecule has 0 bridgehead atoms. The van der Waals surface area contributed by atoms with E-state index in [0.29, 0.717) is 44.7 Å². The number of piperidine rings is 2. The molecule has 0 aromatic carbocycles. The number of amides is 3. The van der Waals surface area contributed by atoms with Crippen LogP contribution in [-0.4, -0.2) is 64.9 Å². The van der Waals surface area contributed by atoms with Crippen LogP contribution in [0.25, 0.3) is 0 Å². The van der Waals surface area contributed by atoms with Crippen molar-refractivity contribution in [3.8, 4) is 0 Å². The molecule has 1 aromatic heterocycles. The molecule has 146 valence electrons. The van der Waals surface area contributed by atoms with Crippen molar-refractivity contribution in [1.82, 2.24) is 20.3 Å². The zero-order valence-corrected chi connectivity index (χ0v) is 15.6. The van der Waals surface area contributed by atoms with Crippen LogP contribution in [0.4, 0.5) is 0 Å². The van der Waals surface area contributed by atoms with Crippen molar-refractivity contribution in [3.05, 3.63) is 30.2 Å². The first-order valence-corrected chi connectivity index (χ1v) is 9.42. The van der Waals surface area contributed by atoms with Crippen LogP contribution in [0.5, 0.6) is 0 Å². The summed E-state index contributed by atoms with van der Waals surface area (Å²) in [6.07, 6.45) is 4.29. The predicted molar refractivity (Wildman–Crippen MR) is 97.8 cm³/mol. The van der Waals surface area contributed by atoms with Gasteiger partial charge in [0.25, 0.3) is 5.91 Å². The maximum atomic E-state index is 12.6. The minimum absolute atomic E-state index is 0.00973. The van der Waals surface area contributed by atoms with Crippen LogP contribution in [0.15, 0.2) is 23.2 Å². The quantitative estimate of drug-likeness (QED) is 0.797. The van der Waals surface area contributed by atoms with E-state index in [4.69, 9.17) is 4.52 Å². The molecule has 27 heavy (non-hydrogen) atoms. The summed E-state index contributed by atoms with van der Waals surface area (Å²) < 4.78 is 5.06. The Morgan fingerprint density at radius 3 is 2.59 bits per heavy atom. The highest BCUT2D eigenvalue weighted by atomic mass is 16.5. The molecule has 3 rings (SSSR count). The van der Waals surface area contributed by atoms with Gasteiger partial charge in [-0.1, -0.05) is 11.7 Å². The van der Waals surface area contributed by atoms with E-state index in [1.54, 1.807) is 22.8 Å². The van der Waals surface area contributed by atoms with E-state index in [2.05, 4.69) is 17.1 Å². The van der Waals surface area contributed by atoms with Crippen molar-refractivity contribution in [1.29, 1.82) is 0 Å². The highest BCUT2D eigenvalue weighted by Gasteiger charge is 2.31. The molecule has 0 saturated carbocycles. The number of rotatable bonds is 4. The topological polar surface area (TPSA) is 95.8 Å². The Morgan fingerprint density at radius 2 is 1.96 bits per heavy atom. The molecule has 8 nitrogen and oxygen atoms in total. The molecule has 3 amide bonds. The Bertz CT molecular complexity index is 721. The van der Waals surface area contributed by atoms with Crippen LogP contribution in [0.1, 0.15) is 41.9 Å². The first-order valence-electron chi connectivity index (χ1n) is 9.42. The second-order valence-electron chi connectivity index (χ2n) is 7.24. The number of hydrogen-bond donors (Lipinski definition) is 1. The van der Waals surface area contributed by atoms with Gasteiger partial charge in [0.2, 0.25) is 17.6 Å². The van der Waals surface area contributed by atoms with E-state index in [-0.39, 0.29) is 35.4 Å². The number of nitrogens with one attached hydrogen (secondary N) is 1. The smallest absolute Gasteiger partial charge is 0.292 e. The number of likely N-dealkylation sites (tertiary alicyclic amines) is 2. The molecule has 1 atom stereocenters. The van der Waals surface area contributed by atoms with Crippen LogP contribution in [0.3, 0.4) is 0 Å². The van der Waals surface area contributed by atoms with Crippen LogP contribution in [0, 0.1) is 12.8 Å². The monoisotopic (exact) mass is 374 g/mol. The van der Waals surface area contributed by atoms with Crippen molar-refractivity contribution in [2.24, 2.45) is 5.92 Å². The summed E-state index contributed by atoms with van der Waals surface area (Å²) in [5.74, 6) is -0.125. The number of aryl methyl sites for hydroxylation is 1. The SMILES string of the molecule is C=CC(=O)N1CCC(C(=O)N[C@@H]2CCCN(C(=O)c3cc(C)no3)C2)CC1. The van der Waals surface area contributed by atoms with Crippen LogP contribution in [0.2, 0.25) is 0 Å². The second kappa shape index (κ2) is 8.37. The zero-order chi connectivity index (χ0) is 19.4. The number of hydrogen-bond acceptors (Lipinski definition) is 5. The highest BCUT2D eigenvalue weighted by Crippen LogP contribution is 2.20. The summed E-state index contributed by atoms with van der Waals surface area (Å²) in [6.45, 7) is 7.53. The average Bonchev–Trinajstić information content (AvgIpc) is 3.13. The predicted octanol–water partition coefficient (Wildman–Crippen LogP) is 1.13. The number of carbonyl (C=O) groups is 3. The third kappa shape index (κ3) is 4.56. The van der Waals surface area contributed by atoms with Crippen molar-refractivity contribution >= 4 is 17.7 Å². The molecule has 2 aliphatic heterocycles. The standard InChI is InChI=1S/C19H26N4O4/c1-3-17(24)22-9-6-14(7-10-22)18(25)20-15-5-4-8-23(12-15)19(26)16-11-13(2)21-27-16/h3,11,14-15H,1,4-10,12H2,2H3,(H,20,25)/t15-/m1/s1. The first-order chi connectivity index (χ1) is 13.0. The van der Waals surface area contributed by atoms with Gasteiger partial charge >= 0.3 is 0 Å². The van der Waals surface area contributed by atoms with Gasteiger partial charge < -0.3 is 19.6 Å². The van der Waals surface area contributed by atoms with E-state index < -0.39 is 0 Å². The average molecular weight is 374 g/mol. The van der Waals surface area contributed by atoms with Gasteiger partial charge in [0, 0.05) is 44.2 Å². The molecule has 2 saturated heterocycles. The minimum Gasteiger partial charge on any atom is -0.351 e. The van der Waals surface area contributed by atoms with Gasteiger partial charge in [-0.3, -0.25) is 14.4 Å². The van der Waals surface area contributed by atoms with E-state index >= 15 is 0 Å². The van der Waals surface area contributed by atoms with E-state index in [1.165, 1.54) is 6.08 Å². The molecule has 3 heterocycles. The Kier molecular flexibility index (Phi) is 5.93. The first kappa shape index (κ1) is 19.1. The summed E-state index contributed by atoms with van der Waals surface area (Å²) >= 11 is 0. The zero-order valence-electron chi connectivity index (χ0n) is 15.6. The fourth-order valence-corrected chi connectivity index (χ4v) is 3.71. The normalized spacial score (nSPS) is 21.0. The van der Waals surface area contributed by atoms with Gasteiger partial charge in [-0.05, 0) is 38.7 Å². The maximum absolute atomic E-state index is 12.6. The molecule has 2 aliphatic rings. The summed E-state index contributed by atoms with van der Waals surface area (Å²) in [7, 11) is 0. The molecular weight excluding hydrogens is 348 g/mol. The molecule has 0 unspecified atom stereocenters. The summed E-state index contributed by atoms with van der Waals surface area (Å²) in [4.78, 5) is 40.2. The van der Waals surface area contributed by atoms with Gasteiger partial charge in [-0.25, -0.2) is 0 Å². The molecule has 0 radical (unpaired) electrons. The molecule has 2 fully saturated rings. The van der Waals surface area contributed by atoms with E-state index in [9.17, 15) is 14.4 Å². The van der Waals surface area contributed by atoms with Crippen molar-refractivity contribution in [3.63, 3.8) is 0 Å². The minimum atomic E-state index is -0.189. The Hall–Kier alpha value is -2.64. The van der Waals surface area contributed by atoms with Crippen molar-refractivity contribution < 1.29 is 18.9 Å². The Morgan fingerprint density at radius 1 is 1.22 bits per heavy atom. The summed E-state index contributed by atoms with van der Waals surface area (Å²) in [5, 5.41) is 6.84. The lowest BCUT2D eigenvalue weighted by Crippen LogP contribution is -2.52. The van der Waals surface area contributed by atoms with Crippen molar-refractivity contribution in [2.75, 3.05) is 26.2 Å². The Balaban J connectivity index is 1.50. The molecular formula is C19H26N4O4. The highest BCUT2D eigenvalue weighted by molar-refractivity contribution is 5.91. The second-order valence-corrected chi connectivity index (χ2v) is 7.24. The van der Waals surface area contributed by atoms with Crippen molar-refractivity contribution in [2.45, 2.75) is 38.6 Å². The van der Waals surface area contributed by atoms with Crippen LogP contribution < -0.4 is 5.32 Å². The third-order valence-corrected chi connectivity index (χ3v) is 5.25. The van der Waals surface area contributed by atoms with Gasteiger partial charge in [-0.2, -0.15) is 0 Å². The lowest BCUT2D eigenvalue weighted by molar-refractivity contribution is -0.132. The third-order valence-electron chi connectivity index (χ3n) is 5.25. The lowest BCUT2D eigenvalue weighted by atomic mass is 9.94. The number of nitrogens with zero attached hydrogens (tertiary/aromatic N) is 3. The van der Waals surface area contributed by atoms with Gasteiger partial charge in [0.15, 0.2) is 0 Å². The fourth-order valence-electron chi connectivity index (χ4n) is 3.71. The largest absolute Gasteiger partial charge is 0.351 e. The van der Waals surface area contributed by atoms with Crippen LogP contribution >= 0.6 is 0 Å². The Labute approximate surface area is 158 Å². The van der Waals surface area contributed by atoms with Gasteiger partial charge in [0.05, 0.1) is 5.69 Å². The molecule has 0 aliphatic carbocycles.